The third kappa shape index (κ3) is 3.76. The molecule has 0 bridgehead atoms. The van der Waals surface area contributed by atoms with Crippen molar-refractivity contribution >= 4 is 10.0 Å². The molecule has 1 aliphatic carbocycles. The molecule has 0 aliphatic heterocycles. The van der Waals surface area contributed by atoms with Crippen LogP contribution in [0.5, 0.6) is 0 Å². The summed E-state index contributed by atoms with van der Waals surface area (Å²) < 4.78 is 31.9. The maximum absolute atomic E-state index is 12.1. The molecule has 1 aromatic rings. The molecule has 0 amide bonds. The molecular weight excluding hydrogens is 280 g/mol. The van der Waals surface area contributed by atoms with Crippen molar-refractivity contribution in [1.29, 1.82) is 0 Å². The minimum absolute atomic E-state index is 0.0164. The molecule has 0 radical (unpaired) electrons. The summed E-state index contributed by atoms with van der Waals surface area (Å²) in [5, 5.41) is 8.90. The lowest BCUT2D eigenvalue weighted by molar-refractivity contribution is 0.173. The molecule has 2 N–H and O–H groups in total. The van der Waals surface area contributed by atoms with Gasteiger partial charge in [-0.15, -0.1) is 0 Å². The van der Waals surface area contributed by atoms with Crippen LogP contribution in [0.3, 0.4) is 0 Å². The van der Waals surface area contributed by atoms with Crippen LogP contribution < -0.4 is 4.72 Å². The fourth-order valence-corrected chi connectivity index (χ4v) is 3.08. The normalized spacial score (nSPS) is 17.1. The zero-order valence-corrected chi connectivity index (χ0v) is 12.3. The van der Waals surface area contributed by atoms with Crippen LogP contribution in [0.2, 0.25) is 0 Å². The van der Waals surface area contributed by atoms with Crippen LogP contribution in [-0.2, 0) is 21.4 Å². The largest absolute Gasteiger partial charge is 0.392 e. The SMILES string of the molecule is COCCC1(CNS(=O)(=O)c2ccc(CO)cn2)CC1. The Hall–Kier alpha value is -1.02. The summed E-state index contributed by atoms with van der Waals surface area (Å²) >= 11 is 0. The van der Waals surface area contributed by atoms with Gasteiger partial charge in [-0.1, -0.05) is 6.07 Å². The van der Waals surface area contributed by atoms with Crippen LogP contribution in [0.4, 0.5) is 0 Å². The number of hydrogen-bond donors (Lipinski definition) is 2. The van der Waals surface area contributed by atoms with Crippen molar-refractivity contribution < 1.29 is 18.3 Å². The smallest absolute Gasteiger partial charge is 0.258 e. The van der Waals surface area contributed by atoms with E-state index in [1.807, 2.05) is 0 Å². The van der Waals surface area contributed by atoms with Crippen molar-refractivity contribution in [2.24, 2.45) is 5.41 Å². The third-order valence-corrected chi connectivity index (χ3v) is 5.00. The first-order valence-electron chi connectivity index (χ1n) is 6.56. The van der Waals surface area contributed by atoms with Gasteiger partial charge in [-0.25, -0.2) is 18.1 Å². The van der Waals surface area contributed by atoms with Crippen LogP contribution in [-0.4, -0.2) is 38.8 Å². The number of aromatic nitrogens is 1. The Kier molecular flexibility index (Phi) is 4.74. The first kappa shape index (κ1) is 15.4. The molecule has 1 aliphatic rings. The number of hydrogen-bond acceptors (Lipinski definition) is 5. The fraction of sp³-hybridized carbons (Fsp3) is 0.615. The van der Waals surface area contributed by atoms with E-state index in [9.17, 15) is 8.42 Å². The van der Waals surface area contributed by atoms with Crippen molar-refractivity contribution in [2.45, 2.75) is 30.9 Å². The van der Waals surface area contributed by atoms with E-state index in [4.69, 9.17) is 9.84 Å². The summed E-state index contributed by atoms with van der Waals surface area (Å²) in [5.74, 6) is 0. The number of ether oxygens (including phenoxy) is 1. The van der Waals surface area contributed by atoms with E-state index in [0.29, 0.717) is 18.7 Å². The maximum Gasteiger partial charge on any atom is 0.258 e. The highest BCUT2D eigenvalue weighted by molar-refractivity contribution is 7.89. The number of rotatable bonds is 8. The highest BCUT2D eigenvalue weighted by Gasteiger charge is 2.42. The Balaban J connectivity index is 1.97. The number of methoxy groups -OCH3 is 1. The molecule has 0 atom stereocenters. The summed E-state index contributed by atoms with van der Waals surface area (Å²) in [6, 6.07) is 2.96. The summed E-state index contributed by atoms with van der Waals surface area (Å²) in [5.41, 5.74) is 0.636. The minimum atomic E-state index is -3.59. The maximum atomic E-state index is 12.1. The minimum Gasteiger partial charge on any atom is -0.392 e. The number of pyridine rings is 1. The second kappa shape index (κ2) is 6.17. The average Bonchev–Trinajstić information content (AvgIpc) is 3.24. The lowest BCUT2D eigenvalue weighted by Crippen LogP contribution is -2.31. The van der Waals surface area contributed by atoms with E-state index in [1.54, 1.807) is 13.2 Å². The van der Waals surface area contributed by atoms with E-state index in [1.165, 1.54) is 12.3 Å². The molecule has 0 saturated heterocycles. The summed E-state index contributed by atoms with van der Waals surface area (Å²) in [6.45, 7) is 0.911. The third-order valence-electron chi connectivity index (χ3n) is 3.69. The summed E-state index contributed by atoms with van der Waals surface area (Å²) in [7, 11) is -1.94. The first-order chi connectivity index (χ1) is 9.51. The molecule has 1 fully saturated rings. The zero-order valence-electron chi connectivity index (χ0n) is 11.5. The molecule has 1 saturated carbocycles. The monoisotopic (exact) mass is 300 g/mol. The zero-order chi connectivity index (χ0) is 14.6. The number of aliphatic hydroxyl groups excluding tert-OH is 1. The van der Waals surface area contributed by atoms with Gasteiger partial charge in [-0.3, -0.25) is 0 Å². The van der Waals surface area contributed by atoms with Gasteiger partial charge in [0, 0.05) is 26.5 Å². The van der Waals surface area contributed by atoms with Crippen molar-refractivity contribution in [1.82, 2.24) is 9.71 Å². The van der Waals surface area contributed by atoms with E-state index in [2.05, 4.69) is 9.71 Å². The number of sulfonamides is 1. The molecule has 6 nitrogen and oxygen atoms in total. The molecule has 0 spiro atoms. The van der Waals surface area contributed by atoms with Crippen LogP contribution in [0.15, 0.2) is 23.4 Å². The van der Waals surface area contributed by atoms with Crippen LogP contribution >= 0.6 is 0 Å². The number of nitrogens with one attached hydrogen (secondary N) is 1. The highest BCUT2D eigenvalue weighted by Crippen LogP contribution is 2.48. The van der Waals surface area contributed by atoms with Gasteiger partial charge in [0.2, 0.25) is 0 Å². The van der Waals surface area contributed by atoms with Gasteiger partial charge in [0.15, 0.2) is 5.03 Å². The Bertz CT molecular complexity index is 538. The number of nitrogens with zero attached hydrogens (tertiary/aromatic N) is 1. The number of aliphatic hydroxyl groups is 1. The van der Waals surface area contributed by atoms with E-state index in [-0.39, 0.29) is 17.0 Å². The molecule has 0 aromatic carbocycles. The highest BCUT2D eigenvalue weighted by atomic mass is 32.2. The summed E-state index contributed by atoms with van der Waals surface area (Å²) in [4.78, 5) is 3.87. The molecule has 1 aromatic heterocycles. The predicted molar refractivity (Wildman–Crippen MR) is 73.5 cm³/mol. The quantitative estimate of drug-likeness (QED) is 0.736. The molecule has 0 unspecified atom stereocenters. The Labute approximate surface area is 119 Å². The first-order valence-corrected chi connectivity index (χ1v) is 8.04. The lowest BCUT2D eigenvalue weighted by atomic mass is 10.0. The van der Waals surface area contributed by atoms with Crippen LogP contribution in [0, 0.1) is 5.41 Å². The van der Waals surface area contributed by atoms with E-state index >= 15 is 0 Å². The van der Waals surface area contributed by atoms with E-state index in [0.717, 1.165) is 19.3 Å². The second-order valence-electron chi connectivity index (χ2n) is 5.23. The van der Waals surface area contributed by atoms with Crippen molar-refractivity contribution in [3.05, 3.63) is 23.9 Å². The lowest BCUT2D eigenvalue weighted by Gasteiger charge is -2.15. The van der Waals surface area contributed by atoms with Gasteiger partial charge in [0.05, 0.1) is 6.61 Å². The molecule has 2 rings (SSSR count). The topological polar surface area (TPSA) is 88.5 Å². The molecule has 7 heteroatoms. The Morgan fingerprint density at radius 3 is 2.70 bits per heavy atom. The van der Waals surface area contributed by atoms with Gasteiger partial charge in [0.1, 0.15) is 0 Å². The van der Waals surface area contributed by atoms with Crippen LogP contribution in [0.1, 0.15) is 24.8 Å². The van der Waals surface area contributed by atoms with Gasteiger partial charge in [-0.2, -0.15) is 0 Å². The fourth-order valence-electron chi connectivity index (χ4n) is 2.00. The van der Waals surface area contributed by atoms with Gasteiger partial charge in [0.25, 0.3) is 10.0 Å². The van der Waals surface area contributed by atoms with Crippen LogP contribution in [0.25, 0.3) is 0 Å². The average molecular weight is 300 g/mol. The van der Waals surface area contributed by atoms with Crippen molar-refractivity contribution in [3.63, 3.8) is 0 Å². The Morgan fingerprint density at radius 2 is 2.20 bits per heavy atom. The van der Waals surface area contributed by atoms with Crippen molar-refractivity contribution in [2.75, 3.05) is 20.3 Å². The molecular formula is C13H20N2O4S. The van der Waals surface area contributed by atoms with Gasteiger partial charge >= 0.3 is 0 Å². The predicted octanol–water partition coefficient (Wildman–Crippen LogP) is 0.669. The van der Waals surface area contributed by atoms with Gasteiger partial charge < -0.3 is 9.84 Å². The molecule has 1 heterocycles. The standard InChI is InChI=1S/C13H20N2O4S/c1-19-7-6-13(4-5-13)10-15-20(17,18)12-3-2-11(9-16)8-14-12/h2-3,8,15-16H,4-7,9-10H2,1H3. The Morgan fingerprint density at radius 1 is 1.45 bits per heavy atom. The second-order valence-corrected chi connectivity index (χ2v) is 6.94. The van der Waals surface area contributed by atoms with E-state index < -0.39 is 10.0 Å². The molecule has 20 heavy (non-hydrogen) atoms. The molecule has 112 valence electrons. The van der Waals surface area contributed by atoms with Gasteiger partial charge in [-0.05, 0) is 36.3 Å². The van der Waals surface area contributed by atoms with Crippen molar-refractivity contribution in [3.8, 4) is 0 Å². The summed E-state index contributed by atoms with van der Waals surface area (Å²) in [6.07, 6.45) is 4.28.